The normalized spacial score (nSPS) is 14.5. The molecule has 0 amide bonds. The van der Waals surface area contributed by atoms with Gasteiger partial charge in [0.15, 0.2) is 0 Å². The van der Waals surface area contributed by atoms with E-state index in [4.69, 9.17) is 4.74 Å². The monoisotopic (exact) mass is 251 g/mol. The summed E-state index contributed by atoms with van der Waals surface area (Å²) in [6.45, 7) is 8.02. The van der Waals surface area contributed by atoms with E-state index in [9.17, 15) is 5.11 Å². The number of aryl methyl sites for hydroxylation is 2. The zero-order valence-electron chi connectivity index (χ0n) is 11.9. The summed E-state index contributed by atoms with van der Waals surface area (Å²) in [6, 6.07) is 6.31. The molecule has 0 aliphatic rings. The SMILES string of the molecule is COCCC(C)(O)CNCc1c(C)cccc1C. The predicted molar refractivity (Wildman–Crippen MR) is 74.7 cm³/mol. The van der Waals surface area contributed by atoms with E-state index in [2.05, 4.69) is 37.4 Å². The highest BCUT2D eigenvalue weighted by atomic mass is 16.5. The van der Waals surface area contributed by atoms with E-state index in [0.717, 1.165) is 6.54 Å². The number of hydrogen-bond acceptors (Lipinski definition) is 3. The van der Waals surface area contributed by atoms with Crippen molar-refractivity contribution in [3.8, 4) is 0 Å². The van der Waals surface area contributed by atoms with Gasteiger partial charge in [-0.15, -0.1) is 0 Å². The van der Waals surface area contributed by atoms with Crippen LogP contribution < -0.4 is 5.32 Å². The highest BCUT2D eigenvalue weighted by molar-refractivity contribution is 5.33. The Morgan fingerprint density at radius 1 is 1.28 bits per heavy atom. The second kappa shape index (κ2) is 6.88. The first-order valence-corrected chi connectivity index (χ1v) is 6.43. The Morgan fingerprint density at radius 3 is 2.44 bits per heavy atom. The van der Waals surface area contributed by atoms with Crippen molar-refractivity contribution in [1.29, 1.82) is 0 Å². The molecule has 2 N–H and O–H groups in total. The van der Waals surface area contributed by atoms with Gasteiger partial charge < -0.3 is 15.2 Å². The van der Waals surface area contributed by atoms with Crippen molar-refractivity contribution in [1.82, 2.24) is 5.32 Å². The molecule has 0 bridgehead atoms. The summed E-state index contributed by atoms with van der Waals surface area (Å²) in [6.07, 6.45) is 0.642. The molecule has 0 aromatic heterocycles. The smallest absolute Gasteiger partial charge is 0.0765 e. The summed E-state index contributed by atoms with van der Waals surface area (Å²) >= 11 is 0. The maximum Gasteiger partial charge on any atom is 0.0765 e. The minimum atomic E-state index is -0.716. The van der Waals surface area contributed by atoms with Crippen molar-refractivity contribution in [3.05, 3.63) is 34.9 Å². The van der Waals surface area contributed by atoms with Gasteiger partial charge >= 0.3 is 0 Å². The van der Waals surface area contributed by atoms with Gasteiger partial charge in [-0.05, 0) is 37.5 Å². The van der Waals surface area contributed by atoms with Crippen LogP contribution >= 0.6 is 0 Å². The average Bonchev–Trinajstić information content (AvgIpc) is 2.30. The maximum atomic E-state index is 10.1. The largest absolute Gasteiger partial charge is 0.389 e. The molecular weight excluding hydrogens is 226 g/mol. The Hall–Kier alpha value is -0.900. The number of benzene rings is 1. The number of methoxy groups -OCH3 is 1. The molecule has 1 aromatic carbocycles. The van der Waals surface area contributed by atoms with Gasteiger partial charge in [-0.2, -0.15) is 0 Å². The highest BCUT2D eigenvalue weighted by Gasteiger charge is 2.19. The fourth-order valence-corrected chi connectivity index (χ4v) is 1.99. The number of rotatable bonds is 7. The molecule has 0 fully saturated rings. The molecule has 18 heavy (non-hydrogen) atoms. The topological polar surface area (TPSA) is 41.5 Å². The molecular formula is C15H25NO2. The summed E-state index contributed by atoms with van der Waals surface area (Å²) in [4.78, 5) is 0. The highest BCUT2D eigenvalue weighted by Crippen LogP contribution is 2.13. The number of ether oxygens (including phenoxy) is 1. The van der Waals surface area contributed by atoms with E-state index in [1.165, 1.54) is 16.7 Å². The summed E-state index contributed by atoms with van der Waals surface area (Å²) < 4.78 is 4.99. The van der Waals surface area contributed by atoms with E-state index in [1.54, 1.807) is 7.11 Å². The van der Waals surface area contributed by atoms with Crippen molar-refractivity contribution in [2.75, 3.05) is 20.3 Å². The Labute approximate surface area is 110 Å². The van der Waals surface area contributed by atoms with Gasteiger partial charge in [0.05, 0.1) is 5.60 Å². The zero-order chi connectivity index (χ0) is 13.6. The van der Waals surface area contributed by atoms with Gasteiger partial charge in [0, 0.05) is 33.2 Å². The zero-order valence-corrected chi connectivity index (χ0v) is 11.9. The van der Waals surface area contributed by atoms with E-state index in [-0.39, 0.29) is 0 Å². The van der Waals surface area contributed by atoms with Crippen molar-refractivity contribution in [3.63, 3.8) is 0 Å². The van der Waals surface area contributed by atoms with Crippen LogP contribution in [0, 0.1) is 13.8 Å². The lowest BCUT2D eigenvalue weighted by Gasteiger charge is -2.24. The fraction of sp³-hybridized carbons (Fsp3) is 0.600. The maximum absolute atomic E-state index is 10.1. The third kappa shape index (κ3) is 4.77. The minimum Gasteiger partial charge on any atom is -0.389 e. The van der Waals surface area contributed by atoms with Crippen molar-refractivity contribution in [2.24, 2.45) is 0 Å². The molecule has 1 aromatic rings. The molecule has 1 atom stereocenters. The second-order valence-corrected chi connectivity index (χ2v) is 5.21. The lowest BCUT2D eigenvalue weighted by molar-refractivity contribution is 0.0247. The quantitative estimate of drug-likeness (QED) is 0.780. The lowest BCUT2D eigenvalue weighted by Crippen LogP contribution is -2.38. The van der Waals surface area contributed by atoms with Gasteiger partial charge in [-0.25, -0.2) is 0 Å². The minimum absolute atomic E-state index is 0.574. The summed E-state index contributed by atoms with van der Waals surface area (Å²) in [5.74, 6) is 0. The molecule has 0 aliphatic carbocycles. The first-order chi connectivity index (χ1) is 8.46. The fourth-order valence-electron chi connectivity index (χ4n) is 1.99. The molecule has 3 nitrogen and oxygen atoms in total. The van der Waals surface area contributed by atoms with Crippen LogP contribution in [0.3, 0.4) is 0 Å². The Bertz CT molecular complexity index is 355. The third-order valence-electron chi connectivity index (χ3n) is 3.30. The summed E-state index contributed by atoms with van der Waals surface area (Å²) in [5.41, 5.74) is 3.19. The first kappa shape index (κ1) is 15.2. The molecule has 3 heteroatoms. The molecule has 0 aliphatic heterocycles. The van der Waals surface area contributed by atoms with Crippen LogP contribution in [0.5, 0.6) is 0 Å². The van der Waals surface area contributed by atoms with Gasteiger partial charge in [-0.3, -0.25) is 0 Å². The predicted octanol–water partition coefficient (Wildman–Crippen LogP) is 2.18. The van der Waals surface area contributed by atoms with Gasteiger partial charge in [0.2, 0.25) is 0 Å². The Kier molecular flexibility index (Phi) is 5.79. The van der Waals surface area contributed by atoms with Crippen molar-refractivity contribution in [2.45, 2.75) is 39.3 Å². The van der Waals surface area contributed by atoms with E-state index in [1.807, 2.05) is 6.92 Å². The van der Waals surface area contributed by atoms with Crippen LogP contribution in [0.4, 0.5) is 0 Å². The van der Waals surface area contributed by atoms with Crippen molar-refractivity contribution >= 4 is 0 Å². The van der Waals surface area contributed by atoms with Crippen LogP contribution in [0.25, 0.3) is 0 Å². The van der Waals surface area contributed by atoms with Gasteiger partial charge in [0.1, 0.15) is 0 Å². The first-order valence-electron chi connectivity index (χ1n) is 6.43. The van der Waals surface area contributed by atoms with Crippen molar-refractivity contribution < 1.29 is 9.84 Å². The van der Waals surface area contributed by atoms with Crippen LogP contribution in [-0.4, -0.2) is 31.0 Å². The second-order valence-electron chi connectivity index (χ2n) is 5.21. The van der Waals surface area contributed by atoms with Crippen LogP contribution in [0.15, 0.2) is 18.2 Å². The van der Waals surface area contributed by atoms with Crippen LogP contribution in [0.1, 0.15) is 30.0 Å². The molecule has 0 radical (unpaired) electrons. The standard InChI is InChI=1S/C15H25NO2/c1-12-6-5-7-13(2)14(12)10-16-11-15(3,17)8-9-18-4/h5-7,16-17H,8-11H2,1-4H3. The average molecular weight is 251 g/mol. The van der Waals surface area contributed by atoms with Gasteiger partial charge in [0.25, 0.3) is 0 Å². The number of nitrogens with one attached hydrogen (secondary N) is 1. The molecule has 0 saturated carbocycles. The molecule has 1 rings (SSSR count). The molecule has 0 heterocycles. The molecule has 1 unspecified atom stereocenters. The number of aliphatic hydroxyl groups is 1. The molecule has 0 spiro atoms. The summed E-state index contributed by atoms with van der Waals surface area (Å²) in [7, 11) is 1.65. The molecule has 102 valence electrons. The van der Waals surface area contributed by atoms with E-state index in [0.29, 0.717) is 19.6 Å². The summed E-state index contributed by atoms with van der Waals surface area (Å²) in [5, 5.41) is 13.4. The van der Waals surface area contributed by atoms with E-state index < -0.39 is 5.60 Å². The third-order valence-corrected chi connectivity index (χ3v) is 3.30. The van der Waals surface area contributed by atoms with Crippen LogP contribution in [0.2, 0.25) is 0 Å². The Morgan fingerprint density at radius 2 is 1.89 bits per heavy atom. The van der Waals surface area contributed by atoms with Gasteiger partial charge in [-0.1, -0.05) is 18.2 Å². The van der Waals surface area contributed by atoms with E-state index >= 15 is 0 Å². The Balaban J connectivity index is 2.46. The number of hydrogen-bond donors (Lipinski definition) is 2. The van der Waals surface area contributed by atoms with Crippen LogP contribution in [-0.2, 0) is 11.3 Å². The lowest BCUT2D eigenvalue weighted by atomic mass is 10.0. The molecule has 0 saturated heterocycles.